The van der Waals surface area contributed by atoms with E-state index in [9.17, 15) is 33.4 Å². The second kappa shape index (κ2) is 4.17. The molecule has 0 radical (unpaired) electrons. The quantitative estimate of drug-likeness (QED) is 0.610. The first kappa shape index (κ1) is 13.2. The van der Waals surface area contributed by atoms with Crippen molar-refractivity contribution < 1.29 is 23.0 Å². The van der Waals surface area contributed by atoms with Gasteiger partial charge >= 0.3 is 11.9 Å². The molecule has 0 bridgehead atoms. The van der Waals surface area contributed by atoms with Crippen molar-refractivity contribution in [1.29, 1.82) is 0 Å². The standard InChI is InChI=1S/C7H2ClF3N2O4/c8-5-4(12(14)15)2-1-3(7(9,10)11)6(5)13(16)17/h1-2H. The van der Waals surface area contributed by atoms with Crippen LogP contribution in [-0.2, 0) is 6.18 Å². The minimum absolute atomic E-state index is 0.252. The number of nitro groups is 2. The van der Waals surface area contributed by atoms with E-state index in [1.165, 1.54) is 0 Å². The number of alkyl halides is 3. The van der Waals surface area contributed by atoms with Crippen LogP contribution in [0.1, 0.15) is 5.56 Å². The normalized spacial score (nSPS) is 11.3. The summed E-state index contributed by atoms with van der Waals surface area (Å²) in [6.07, 6.45) is -5.01. The Hall–Kier alpha value is -1.90. The molecule has 1 aromatic carbocycles. The highest BCUT2D eigenvalue weighted by molar-refractivity contribution is 6.34. The maximum atomic E-state index is 12.4. The molecule has 0 aliphatic rings. The molecule has 0 N–H and O–H groups in total. The lowest BCUT2D eigenvalue weighted by Crippen LogP contribution is -2.10. The van der Waals surface area contributed by atoms with Crippen LogP contribution in [-0.4, -0.2) is 9.85 Å². The van der Waals surface area contributed by atoms with Crippen molar-refractivity contribution in [2.75, 3.05) is 0 Å². The molecule has 17 heavy (non-hydrogen) atoms. The summed E-state index contributed by atoms with van der Waals surface area (Å²) in [5.74, 6) is 0. The van der Waals surface area contributed by atoms with Crippen LogP contribution in [0.5, 0.6) is 0 Å². The van der Waals surface area contributed by atoms with Crippen molar-refractivity contribution in [3.05, 3.63) is 42.9 Å². The SMILES string of the molecule is O=[N+]([O-])c1ccc(C(F)(F)F)c([N+](=O)[O-])c1Cl. The van der Waals surface area contributed by atoms with Gasteiger partial charge in [-0.1, -0.05) is 11.6 Å². The third-order valence-electron chi connectivity index (χ3n) is 1.78. The molecule has 0 spiro atoms. The van der Waals surface area contributed by atoms with E-state index < -0.39 is 38.0 Å². The first-order valence-corrected chi connectivity index (χ1v) is 4.22. The van der Waals surface area contributed by atoms with E-state index in [4.69, 9.17) is 11.6 Å². The zero-order chi connectivity index (χ0) is 13.4. The van der Waals surface area contributed by atoms with Crippen molar-refractivity contribution in [3.8, 4) is 0 Å². The lowest BCUT2D eigenvalue weighted by Gasteiger charge is -2.07. The van der Waals surface area contributed by atoms with Crippen LogP contribution < -0.4 is 0 Å². The highest BCUT2D eigenvalue weighted by atomic mass is 35.5. The van der Waals surface area contributed by atoms with Crippen LogP contribution in [0, 0.1) is 20.2 Å². The van der Waals surface area contributed by atoms with Crippen LogP contribution in [0.25, 0.3) is 0 Å². The van der Waals surface area contributed by atoms with E-state index in [1.807, 2.05) is 0 Å². The average Bonchev–Trinajstić information content (AvgIpc) is 2.14. The minimum atomic E-state index is -5.01. The Morgan fingerprint density at radius 3 is 2.00 bits per heavy atom. The monoisotopic (exact) mass is 270 g/mol. The highest BCUT2D eigenvalue weighted by Crippen LogP contribution is 2.43. The fourth-order valence-electron chi connectivity index (χ4n) is 1.10. The smallest absolute Gasteiger partial charge is 0.258 e. The van der Waals surface area contributed by atoms with Crippen molar-refractivity contribution in [2.45, 2.75) is 6.18 Å². The van der Waals surface area contributed by atoms with Gasteiger partial charge in [0.2, 0.25) is 0 Å². The van der Waals surface area contributed by atoms with E-state index in [2.05, 4.69) is 0 Å². The number of benzene rings is 1. The molecule has 0 amide bonds. The Bertz CT molecular complexity index is 503. The van der Waals surface area contributed by atoms with Gasteiger partial charge in [-0.3, -0.25) is 20.2 Å². The predicted molar refractivity (Wildman–Crippen MR) is 49.8 cm³/mol. The molecule has 6 nitrogen and oxygen atoms in total. The Morgan fingerprint density at radius 2 is 1.65 bits per heavy atom. The molecule has 0 aromatic heterocycles. The van der Waals surface area contributed by atoms with Crippen molar-refractivity contribution in [2.24, 2.45) is 0 Å². The Kier molecular flexibility index (Phi) is 3.23. The molecule has 92 valence electrons. The third-order valence-corrected chi connectivity index (χ3v) is 2.15. The molecule has 0 unspecified atom stereocenters. The van der Waals surface area contributed by atoms with Gasteiger partial charge in [-0.15, -0.1) is 0 Å². The molecule has 0 aliphatic carbocycles. The van der Waals surface area contributed by atoms with Crippen LogP contribution in [0.4, 0.5) is 24.5 Å². The Labute approximate surface area is 95.9 Å². The van der Waals surface area contributed by atoms with E-state index in [-0.39, 0.29) is 6.07 Å². The van der Waals surface area contributed by atoms with Crippen molar-refractivity contribution in [1.82, 2.24) is 0 Å². The Balaban J connectivity index is 3.63. The predicted octanol–water partition coefficient (Wildman–Crippen LogP) is 3.18. The van der Waals surface area contributed by atoms with Gasteiger partial charge in [0.15, 0.2) is 5.02 Å². The molecule has 10 heteroatoms. The summed E-state index contributed by atoms with van der Waals surface area (Å²) in [7, 11) is 0. The van der Waals surface area contributed by atoms with Gasteiger partial charge in [-0.25, -0.2) is 0 Å². The topological polar surface area (TPSA) is 86.3 Å². The number of rotatable bonds is 2. The number of nitrogens with zero attached hydrogens (tertiary/aromatic N) is 2. The largest absolute Gasteiger partial charge is 0.423 e. The molecule has 0 saturated heterocycles. The van der Waals surface area contributed by atoms with E-state index in [0.29, 0.717) is 6.07 Å². The molecule has 1 aromatic rings. The molecule has 0 aliphatic heterocycles. The first-order chi connectivity index (χ1) is 7.66. The van der Waals surface area contributed by atoms with Gasteiger partial charge < -0.3 is 0 Å². The lowest BCUT2D eigenvalue weighted by molar-refractivity contribution is -0.395. The summed E-state index contributed by atoms with van der Waals surface area (Å²) in [4.78, 5) is 18.3. The molecule has 1 rings (SSSR count). The first-order valence-electron chi connectivity index (χ1n) is 3.84. The summed E-state index contributed by atoms with van der Waals surface area (Å²) < 4.78 is 37.2. The summed E-state index contributed by atoms with van der Waals surface area (Å²) >= 11 is 5.23. The summed E-state index contributed by atoms with van der Waals surface area (Å²) in [6.45, 7) is 0. The van der Waals surface area contributed by atoms with Gasteiger partial charge in [-0.05, 0) is 6.07 Å². The molecule has 0 fully saturated rings. The van der Waals surface area contributed by atoms with Crippen LogP contribution >= 0.6 is 11.6 Å². The number of hydrogen-bond donors (Lipinski definition) is 0. The van der Waals surface area contributed by atoms with Gasteiger partial charge in [0.1, 0.15) is 5.56 Å². The fourth-order valence-corrected chi connectivity index (χ4v) is 1.40. The summed E-state index contributed by atoms with van der Waals surface area (Å²) in [5, 5.41) is 19.7. The molecule has 0 atom stereocenters. The zero-order valence-corrected chi connectivity index (χ0v) is 8.45. The van der Waals surface area contributed by atoms with Crippen LogP contribution in [0.2, 0.25) is 5.02 Å². The van der Waals surface area contributed by atoms with Crippen LogP contribution in [0.3, 0.4) is 0 Å². The van der Waals surface area contributed by atoms with Gasteiger partial charge in [0.05, 0.1) is 9.85 Å². The number of hydrogen-bond acceptors (Lipinski definition) is 4. The van der Waals surface area contributed by atoms with Crippen LogP contribution in [0.15, 0.2) is 12.1 Å². The lowest BCUT2D eigenvalue weighted by atomic mass is 10.1. The maximum Gasteiger partial charge on any atom is 0.423 e. The van der Waals surface area contributed by atoms with E-state index >= 15 is 0 Å². The van der Waals surface area contributed by atoms with Gasteiger partial charge in [0.25, 0.3) is 5.69 Å². The minimum Gasteiger partial charge on any atom is -0.258 e. The number of nitro benzene ring substituents is 2. The van der Waals surface area contributed by atoms with E-state index in [1.54, 1.807) is 0 Å². The maximum absolute atomic E-state index is 12.4. The molecular weight excluding hydrogens is 269 g/mol. The Morgan fingerprint density at radius 1 is 1.12 bits per heavy atom. The average molecular weight is 271 g/mol. The summed E-state index contributed by atoms with van der Waals surface area (Å²) in [5.41, 5.74) is -4.10. The zero-order valence-electron chi connectivity index (χ0n) is 7.69. The molecule has 0 saturated carbocycles. The van der Waals surface area contributed by atoms with E-state index in [0.717, 1.165) is 0 Å². The van der Waals surface area contributed by atoms with Gasteiger partial charge in [-0.2, -0.15) is 13.2 Å². The fraction of sp³-hybridized carbons (Fsp3) is 0.143. The van der Waals surface area contributed by atoms with Crippen molar-refractivity contribution in [3.63, 3.8) is 0 Å². The van der Waals surface area contributed by atoms with Crippen molar-refractivity contribution >= 4 is 23.0 Å². The molecule has 0 heterocycles. The van der Waals surface area contributed by atoms with Gasteiger partial charge in [0, 0.05) is 6.07 Å². The second-order valence-electron chi connectivity index (χ2n) is 2.81. The third kappa shape index (κ3) is 2.44. The second-order valence-corrected chi connectivity index (χ2v) is 3.18. The summed E-state index contributed by atoms with van der Waals surface area (Å²) in [6, 6.07) is 0.723. The molecular formula is C7H2ClF3N2O4. The highest BCUT2D eigenvalue weighted by Gasteiger charge is 2.42. The number of halogens is 4.